The Hall–Kier alpha value is -2.29. The third-order valence-corrected chi connectivity index (χ3v) is 3.18. The van der Waals surface area contributed by atoms with Crippen molar-refractivity contribution in [1.29, 1.82) is 0 Å². The highest BCUT2D eigenvalue weighted by atomic mass is 16.1. The smallest absolute Gasteiger partial charge is 0.224 e. The maximum absolute atomic E-state index is 11.8. The van der Waals surface area contributed by atoms with Gasteiger partial charge in [0.05, 0.1) is 0 Å². The van der Waals surface area contributed by atoms with Crippen LogP contribution in [0, 0.1) is 6.92 Å². The normalized spacial score (nSPS) is 10.2. The van der Waals surface area contributed by atoms with Crippen LogP contribution in [0.15, 0.2) is 48.5 Å². The van der Waals surface area contributed by atoms with Gasteiger partial charge in [-0.2, -0.15) is 0 Å². The molecule has 3 N–H and O–H groups in total. The number of rotatable bonds is 5. The summed E-state index contributed by atoms with van der Waals surface area (Å²) in [6.45, 7) is 2.03. The highest BCUT2D eigenvalue weighted by Crippen LogP contribution is 2.11. The monoisotopic (exact) mass is 268 g/mol. The van der Waals surface area contributed by atoms with Crippen molar-refractivity contribution in [2.75, 3.05) is 11.1 Å². The van der Waals surface area contributed by atoms with E-state index in [0.717, 1.165) is 24.2 Å². The first-order chi connectivity index (χ1) is 9.63. The van der Waals surface area contributed by atoms with Crippen LogP contribution in [0.1, 0.15) is 24.0 Å². The zero-order valence-corrected chi connectivity index (χ0v) is 11.7. The molecule has 0 aromatic heterocycles. The molecule has 2 aromatic rings. The summed E-state index contributed by atoms with van der Waals surface area (Å²) in [5.41, 5.74) is 9.66. The van der Waals surface area contributed by atoms with Crippen molar-refractivity contribution in [3.63, 3.8) is 0 Å². The molecular formula is C17H20N2O. The molecule has 0 saturated heterocycles. The Morgan fingerprint density at radius 3 is 2.35 bits per heavy atom. The zero-order chi connectivity index (χ0) is 14.4. The SMILES string of the molecule is Cc1ccc(NC(=O)CCCc2ccc(N)cc2)cc1. The summed E-state index contributed by atoms with van der Waals surface area (Å²) in [7, 11) is 0. The predicted molar refractivity (Wildman–Crippen MR) is 83.6 cm³/mol. The number of nitrogens with one attached hydrogen (secondary N) is 1. The summed E-state index contributed by atoms with van der Waals surface area (Å²) in [6, 6.07) is 15.6. The topological polar surface area (TPSA) is 55.1 Å². The number of anilines is 2. The molecule has 0 unspecified atom stereocenters. The standard InChI is InChI=1S/C17H20N2O/c1-13-5-11-16(12-6-13)19-17(20)4-2-3-14-7-9-15(18)10-8-14/h5-12H,2-4,18H2,1H3,(H,19,20). The second-order valence-corrected chi connectivity index (χ2v) is 5.01. The fourth-order valence-electron chi connectivity index (χ4n) is 2.00. The minimum Gasteiger partial charge on any atom is -0.399 e. The van der Waals surface area contributed by atoms with Gasteiger partial charge in [0.1, 0.15) is 0 Å². The maximum atomic E-state index is 11.8. The van der Waals surface area contributed by atoms with E-state index < -0.39 is 0 Å². The largest absolute Gasteiger partial charge is 0.399 e. The maximum Gasteiger partial charge on any atom is 0.224 e. The molecule has 3 nitrogen and oxygen atoms in total. The van der Waals surface area contributed by atoms with E-state index in [4.69, 9.17) is 5.73 Å². The highest BCUT2D eigenvalue weighted by molar-refractivity contribution is 5.90. The fraction of sp³-hybridized carbons (Fsp3) is 0.235. The van der Waals surface area contributed by atoms with E-state index in [1.807, 2.05) is 55.5 Å². The number of nitrogens with two attached hydrogens (primary N) is 1. The van der Waals surface area contributed by atoms with Crippen LogP contribution in [0.5, 0.6) is 0 Å². The fourth-order valence-corrected chi connectivity index (χ4v) is 2.00. The molecule has 2 aromatic carbocycles. The van der Waals surface area contributed by atoms with Gasteiger partial charge in [-0.25, -0.2) is 0 Å². The van der Waals surface area contributed by atoms with Crippen molar-refractivity contribution in [2.24, 2.45) is 0 Å². The van der Waals surface area contributed by atoms with Crippen LogP contribution in [0.25, 0.3) is 0 Å². The second kappa shape index (κ2) is 6.75. The van der Waals surface area contributed by atoms with Gasteiger partial charge in [0.2, 0.25) is 5.91 Å². The third-order valence-electron chi connectivity index (χ3n) is 3.18. The quantitative estimate of drug-likeness (QED) is 0.815. The van der Waals surface area contributed by atoms with Crippen LogP contribution in [-0.4, -0.2) is 5.91 Å². The van der Waals surface area contributed by atoms with E-state index in [1.54, 1.807) is 0 Å². The summed E-state index contributed by atoms with van der Waals surface area (Å²) in [6.07, 6.45) is 2.25. The first kappa shape index (κ1) is 14.1. The average Bonchev–Trinajstić information content (AvgIpc) is 2.44. The van der Waals surface area contributed by atoms with Gasteiger partial charge in [-0.3, -0.25) is 4.79 Å². The Morgan fingerprint density at radius 1 is 1.05 bits per heavy atom. The molecule has 0 fully saturated rings. The van der Waals surface area contributed by atoms with E-state index in [9.17, 15) is 4.79 Å². The molecule has 0 atom stereocenters. The van der Waals surface area contributed by atoms with E-state index in [0.29, 0.717) is 6.42 Å². The highest BCUT2D eigenvalue weighted by Gasteiger charge is 2.02. The number of aryl methyl sites for hydroxylation is 2. The van der Waals surface area contributed by atoms with Gasteiger partial charge in [0.25, 0.3) is 0 Å². The number of nitrogen functional groups attached to an aromatic ring is 1. The lowest BCUT2D eigenvalue weighted by atomic mass is 10.1. The third kappa shape index (κ3) is 4.43. The molecule has 104 valence electrons. The number of hydrogen-bond donors (Lipinski definition) is 2. The molecule has 0 bridgehead atoms. The summed E-state index contributed by atoms with van der Waals surface area (Å²) < 4.78 is 0. The number of benzene rings is 2. The van der Waals surface area contributed by atoms with Gasteiger partial charge in [-0.15, -0.1) is 0 Å². The molecule has 0 aliphatic rings. The number of amides is 1. The lowest BCUT2D eigenvalue weighted by Crippen LogP contribution is -2.11. The van der Waals surface area contributed by atoms with Crippen molar-refractivity contribution in [2.45, 2.75) is 26.2 Å². The Labute approximate surface area is 119 Å². The second-order valence-electron chi connectivity index (χ2n) is 5.01. The number of carbonyl (C=O) groups excluding carboxylic acids is 1. The molecule has 0 aliphatic heterocycles. The lowest BCUT2D eigenvalue weighted by molar-refractivity contribution is -0.116. The molecule has 0 saturated carbocycles. The summed E-state index contributed by atoms with van der Waals surface area (Å²) in [5, 5.41) is 2.91. The molecule has 0 spiro atoms. The minimum atomic E-state index is 0.0595. The van der Waals surface area contributed by atoms with E-state index in [-0.39, 0.29) is 5.91 Å². The van der Waals surface area contributed by atoms with Gasteiger partial charge >= 0.3 is 0 Å². The molecule has 2 rings (SSSR count). The van der Waals surface area contributed by atoms with Gasteiger partial charge < -0.3 is 11.1 Å². The molecule has 1 amide bonds. The van der Waals surface area contributed by atoms with E-state index in [1.165, 1.54) is 11.1 Å². The molecule has 20 heavy (non-hydrogen) atoms. The Balaban J connectivity index is 1.75. The minimum absolute atomic E-state index is 0.0595. The van der Waals surface area contributed by atoms with Gasteiger partial charge in [0.15, 0.2) is 0 Å². The number of hydrogen-bond acceptors (Lipinski definition) is 2. The van der Waals surface area contributed by atoms with Crippen LogP contribution in [-0.2, 0) is 11.2 Å². The van der Waals surface area contributed by atoms with Crippen molar-refractivity contribution < 1.29 is 4.79 Å². The van der Waals surface area contributed by atoms with E-state index in [2.05, 4.69) is 5.32 Å². The van der Waals surface area contributed by atoms with Crippen molar-refractivity contribution in [1.82, 2.24) is 0 Å². The van der Waals surface area contributed by atoms with Crippen LogP contribution in [0.4, 0.5) is 11.4 Å². The van der Waals surface area contributed by atoms with Crippen LogP contribution < -0.4 is 11.1 Å². The van der Waals surface area contributed by atoms with Crippen molar-refractivity contribution >= 4 is 17.3 Å². The molecule has 0 radical (unpaired) electrons. The zero-order valence-electron chi connectivity index (χ0n) is 11.7. The van der Waals surface area contributed by atoms with Gasteiger partial charge in [-0.05, 0) is 49.6 Å². The first-order valence-electron chi connectivity index (χ1n) is 6.84. The van der Waals surface area contributed by atoms with Crippen LogP contribution in [0.3, 0.4) is 0 Å². The van der Waals surface area contributed by atoms with Crippen LogP contribution >= 0.6 is 0 Å². The van der Waals surface area contributed by atoms with Gasteiger partial charge in [-0.1, -0.05) is 29.8 Å². The lowest BCUT2D eigenvalue weighted by Gasteiger charge is -2.06. The Kier molecular flexibility index (Phi) is 4.77. The average molecular weight is 268 g/mol. The molecular weight excluding hydrogens is 248 g/mol. The summed E-state index contributed by atoms with van der Waals surface area (Å²) in [5.74, 6) is 0.0595. The van der Waals surface area contributed by atoms with Crippen LogP contribution in [0.2, 0.25) is 0 Å². The van der Waals surface area contributed by atoms with Crippen molar-refractivity contribution in [3.05, 3.63) is 59.7 Å². The number of carbonyl (C=O) groups is 1. The molecule has 0 heterocycles. The predicted octanol–water partition coefficient (Wildman–Crippen LogP) is 3.54. The first-order valence-corrected chi connectivity index (χ1v) is 6.84. The van der Waals surface area contributed by atoms with Gasteiger partial charge in [0, 0.05) is 17.8 Å². The summed E-state index contributed by atoms with van der Waals surface area (Å²) in [4.78, 5) is 11.8. The molecule has 0 aliphatic carbocycles. The Morgan fingerprint density at radius 2 is 1.70 bits per heavy atom. The van der Waals surface area contributed by atoms with E-state index >= 15 is 0 Å². The van der Waals surface area contributed by atoms with Crippen molar-refractivity contribution in [3.8, 4) is 0 Å². The molecule has 3 heteroatoms. The Bertz CT molecular complexity index is 559. The summed E-state index contributed by atoms with van der Waals surface area (Å²) >= 11 is 0.